The lowest BCUT2D eigenvalue weighted by Crippen LogP contribution is -2.47. The van der Waals surface area contributed by atoms with Crippen LogP contribution in [0.5, 0.6) is 0 Å². The standard InChI is InChI=1S/C34H39F4N5O3S/c1-43(27-12-8-9-24(19-27)22-39)30(21-31(40)34(36,37)38)32(44)41-29-20-26(15-16-28(29)35)33(42-47(2,45)46,18-17-23-13-14-23)25-10-6-4-3-5-7-11-25/h4,6-12,15-16,19-21,23,40,42H,3,5,13-14,17-18,22,39H2,1-2H3,(H,41,44). The Labute approximate surface area is 272 Å². The van der Waals surface area contributed by atoms with E-state index >= 15 is 4.39 Å². The van der Waals surface area contributed by atoms with Crippen molar-refractivity contribution in [3.05, 3.63) is 107 Å². The first-order chi connectivity index (χ1) is 22.1. The van der Waals surface area contributed by atoms with Crippen molar-refractivity contribution in [2.45, 2.75) is 56.8 Å². The number of carbonyl (C=O) groups excluding carboxylic acids is 1. The number of nitrogens with two attached hydrogens (primary N) is 1. The third-order valence-corrected chi connectivity index (χ3v) is 8.83. The second kappa shape index (κ2) is 14.8. The number of anilines is 2. The van der Waals surface area contributed by atoms with Crippen LogP contribution in [0.1, 0.15) is 49.7 Å². The summed E-state index contributed by atoms with van der Waals surface area (Å²) < 4.78 is 84.4. The van der Waals surface area contributed by atoms with Gasteiger partial charge in [-0.2, -0.15) is 13.2 Å². The molecular weight excluding hydrogens is 634 g/mol. The van der Waals surface area contributed by atoms with Crippen LogP contribution in [0.3, 0.4) is 0 Å². The molecule has 0 saturated heterocycles. The molecule has 0 aromatic heterocycles. The van der Waals surface area contributed by atoms with Gasteiger partial charge in [0.05, 0.1) is 17.5 Å². The van der Waals surface area contributed by atoms with Gasteiger partial charge in [-0.05, 0) is 78.6 Å². The Bertz CT molecular complexity index is 1730. The van der Waals surface area contributed by atoms with Gasteiger partial charge in [-0.3, -0.25) is 10.2 Å². The lowest BCUT2D eigenvalue weighted by Gasteiger charge is -2.37. The van der Waals surface area contributed by atoms with Crippen LogP contribution in [0, 0.1) is 17.1 Å². The number of sulfonamides is 1. The zero-order valence-corrected chi connectivity index (χ0v) is 27.0. The molecule has 8 nitrogen and oxygen atoms in total. The summed E-state index contributed by atoms with van der Waals surface area (Å²) in [6, 6.07) is 10.3. The molecule has 1 amide bonds. The summed E-state index contributed by atoms with van der Waals surface area (Å²) in [6.45, 7) is 0.134. The van der Waals surface area contributed by atoms with Gasteiger partial charge in [-0.25, -0.2) is 17.5 Å². The van der Waals surface area contributed by atoms with Crippen molar-refractivity contribution < 1.29 is 30.8 Å². The first kappa shape index (κ1) is 35.8. The van der Waals surface area contributed by atoms with Crippen LogP contribution in [0.2, 0.25) is 0 Å². The Balaban J connectivity index is 1.82. The molecule has 1 fully saturated rings. The second-order valence-electron chi connectivity index (χ2n) is 11.8. The summed E-state index contributed by atoms with van der Waals surface area (Å²) in [5.74, 6) is -1.60. The zero-order valence-electron chi connectivity index (χ0n) is 26.2. The summed E-state index contributed by atoms with van der Waals surface area (Å²) >= 11 is 0. The molecule has 13 heteroatoms. The van der Waals surface area contributed by atoms with Crippen LogP contribution >= 0.6 is 0 Å². The van der Waals surface area contributed by atoms with Gasteiger partial charge in [0.2, 0.25) is 10.0 Å². The number of rotatable bonds is 13. The van der Waals surface area contributed by atoms with Gasteiger partial charge in [0.15, 0.2) is 0 Å². The summed E-state index contributed by atoms with van der Waals surface area (Å²) in [5.41, 5.74) is 3.53. The van der Waals surface area contributed by atoms with Crippen molar-refractivity contribution in [1.82, 2.24) is 4.72 Å². The Hall–Kier alpha value is -4.07. The van der Waals surface area contributed by atoms with E-state index in [-0.39, 0.29) is 12.2 Å². The van der Waals surface area contributed by atoms with E-state index in [1.165, 1.54) is 19.2 Å². The van der Waals surface area contributed by atoms with E-state index in [1.54, 1.807) is 30.3 Å². The lowest BCUT2D eigenvalue weighted by molar-refractivity contribution is -0.112. The fourth-order valence-electron chi connectivity index (χ4n) is 5.42. The molecule has 0 heterocycles. The Kier molecular flexibility index (Phi) is 11.3. The van der Waals surface area contributed by atoms with Gasteiger partial charge < -0.3 is 16.0 Å². The second-order valence-corrected chi connectivity index (χ2v) is 13.6. The largest absolute Gasteiger partial charge is 0.432 e. The number of benzene rings is 2. The molecule has 0 aliphatic heterocycles. The minimum absolute atomic E-state index is 0.134. The summed E-state index contributed by atoms with van der Waals surface area (Å²) in [5, 5.41) is 9.95. The molecule has 0 spiro atoms. The maximum absolute atomic E-state index is 15.4. The van der Waals surface area contributed by atoms with E-state index in [9.17, 15) is 26.4 Å². The molecule has 47 heavy (non-hydrogen) atoms. The minimum atomic E-state index is -5.05. The first-order valence-corrected chi connectivity index (χ1v) is 17.1. The Morgan fingerprint density at radius 2 is 1.85 bits per heavy atom. The van der Waals surface area contributed by atoms with E-state index in [4.69, 9.17) is 11.1 Å². The monoisotopic (exact) mass is 673 g/mol. The maximum atomic E-state index is 15.4. The third kappa shape index (κ3) is 9.49. The van der Waals surface area contributed by atoms with Crippen molar-refractivity contribution in [1.29, 1.82) is 5.41 Å². The predicted molar refractivity (Wildman–Crippen MR) is 177 cm³/mol. The van der Waals surface area contributed by atoms with Crippen molar-refractivity contribution in [3.8, 4) is 0 Å². The number of likely N-dealkylation sites (N-methyl/N-ethyl adjacent to an activating group) is 1. The minimum Gasteiger partial charge on any atom is -0.340 e. The fourth-order valence-corrected chi connectivity index (χ4v) is 6.39. The van der Waals surface area contributed by atoms with Crippen LogP contribution in [0.25, 0.3) is 0 Å². The number of halogens is 4. The number of nitrogens with one attached hydrogen (secondary N) is 3. The van der Waals surface area contributed by atoms with Crippen molar-refractivity contribution in [3.63, 3.8) is 0 Å². The van der Waals surface area contributed by atoms with Crippen LogP contribution in [-0.2, 0) is 26.9 Å². The number of amides is 1. The van der Waals surface area contributed by atoms with E-state index < -0.39 is 44.9 Å². The van der Waals surface area contributed by atoms with Gasteiger partial charge in [0, 0.05) is 19.3 Å². The van der Waals surface area contributed by atoms with E-state index in [1.807, 2.05) is 24.3 Å². The highest BCUT2D eigenvalue weighted by atomic mass is 32.2. The molecule has 1 unspecified atom stereocenters. The normalized spacial score (nSPS) is 16.9. The molecule has 2 aromatic rings. The maximum Gasteiger partial charge on any atom is 0.432 e. The van der Waals surface area contributed by atoms with E-state index in [0.29, 0.717) is 47.2 Å². The number of nitrogens with zero attached hydrogens (tertiary/aromatic N) is 1. The van der Waals surface area contributed by atoms with Gasteiger partial charge >= 0.3 is 6.18 Å². The fraction of sp³-hybridized carbons (Fsp3) is 0.353. The van der Waals surface area contributed by atoms with Crippen LogP contribution in [-0.4, -0.2) is 39.5 Å². The van der Waals surface area contributed by atoms with E-state index in [2.05, 4.69) is 10.0 Å². The highest BCUT2D eigenvalue weighted by Crippen LogP contribution is 2.43. The van der Waals surface area contributed by atoms with Crippen molar-refractivity contribution >= 4 is 33.0 Å². The molecule has 2 aromatic carbocycles. The highest BCUT2D eigenvalue weighted by Gasteiger charge is 2.40. The summed E-state index contributed by atoms with van der Waals surface area (Å²) in [4.78, 5) is 14.8. The molecule has 2 aliphatic carbocycles. The Morgan fingerprint density at radius 3 is 2.51 bits per heavy atom. The van der Waals surface area contributed by atoms with Crippen LogP contribution in [0.4, 0.5) is 28.9 Å². The van der Waals surface area contributed by atoms with E-state index in [0.717, 1.165) is 42.9 Å². The number of hydrogen-bond donors (Lipinski definition) is 4. The topological polar surface area (TPSA) is 128 Å². The van der Waals surface area contributed by atoms with Gasteiger partial charge in [0.1, 0.15) is 17.2 Å². The lowest BCUT2D eigenvalue weighted by atomic mass is 9.78. The third-order valence-electron chi connectivity index (χ3n) is 8.11. The van der Waals surface area contributed by atoms with Gasteiger partial charge in [-0.1, -0.05) is 61.4 Å². The molecule has 4 rings (SSSR count). The number of alkyl halides is 3. The first-order valence-electron chi connectivity index (χ1n) is 15.2. The molecule has 5 N–H and O–H groups in total. The predicted octanol–water partition coefficient (Wildman–Crippen LogP) is 6.59. The average Bonchev–Trinajstić information content (AvgIpc) is 3.82. The average molecular weight is 674 g/mol. The number of carbonyl (C=O) groups is 1. The summed E-state index contributed by atoms with van der Waals surface area (Å²) in [7, 11) is -2.50. The van der Waals surface area contributed by atoms with Crippen molar-refractivity contribution in [2.24, 2.45) is 11.7 Å². The molecule has 252 valence electrons. The smallest absolute Gasteiger partial charge is 0.340 e. The number of allylic oxidation sites excluding steroid dienone is 5. The van der Waals surface area contributed by atoms with Gasteiger partial charge in [0.25, 0.3) is 5.91 Å². The van der Waals surface area contributed by atoms with Gasteiger partial charge in [-0.15, -0.1) is 0 Å². The summed E-state index contributed by atoms with van der Waals surface area (Å²) in [6.07, 6.45) is 10.3. The molecule has 1 saturated carbocycles. The molecule has 0 radical (unpaired) electrons. The highest BCUT2D eigenvalue weighted by molar-refractivity contribution is 7.88. The quantitative estimate of drug-likeness (QED) is 0.108. The molecular formula is C34H39F4N5O3S. The molecule has 0 bridgehead atoms. The molecule has 2 aliphatic rings. The van der Waals surface area contributed by atoms with Crippen LogP contribution in [0.15, 0.2) is 90.2 Å². The Morgan fingerprint density at radius 1 is 1.13 bits per heavy atom. The molecule has 1 atom stereocenters. The zero-order chi connectivity index (χ0) is 34.4. The van der Waals surface area contributed by atoms with Crippen molar-refractivity contribution in [2.75, 3.05) is 23.5 Å². The SMILES string of the molecule is CN(C(=CC(=N)C(F)(F)F)C(=O)Nc1cc(C(CCC2CC2)(NS(C)(=O)=O)C2=CC=CCCC=C2)ccc1F)c1cccc(CN)c1. The number of hydrogen-bond acceptors (Lipinski definition) is 6. The van der Waals surface area contributed by atoms with Crippen LogP contribution < -0.4 is 20.7 Å².